The van der Waals surface area contributed by atoms with Crippen LogP contribution in [0.3, 0.4) is 0 Å². The monoisotopic (exact) mass is 249 g/mol. The van der Waals surface area contributed by atoms with E-state index in [9.17, 15) is 14.9 Å². The lowest BCUT2D eigenvalue weighted by Crippen LogP contribution is -2.39. The molecule has 0 radical (unpaired) electrons. The first-order valence-corrected chi connectivity index (χ1v) is 5.42. The molecule has 0 heterocycles. The Hall–Kier alpha value is -2.21. The van der Waals surface area contributed by atoms with Crippen LogP contribution in [-0.2, 0) is 11.3 Å². The van der Waals surface area contributed by atoms with Crippen LogP contribution in [0.5, 0.6) is 0 Å². The second-order valence-corrected chi connectivity index (χ2v) is 3.77. The van der Waals surface area contributed by atoms with Gasteiger partial charge in [-0.05, 0) is 12.0 Å². The minimum atomic E-state index is -0.611. The van der Waals surface area contributed by atoms with Crippen molar-refractivity contribution in [1.29, 1.82) is 0 Å². The SMILES string of the molecule is C=CCC(N)C(=O)NCc1ccc([N+](=O)[O-])cc1. The zero-order valence-electron chi connectivity index (χ0n) is 9.83. The first-order chi connectivity index (χ1) is 8.54. The van der Waals surface area contributed by atoms with Crippen molar-refractivity contribution in [2.75, 3.05) is 0 Å². The Morgan fingerprint density at radius 1 is 1.50 bits per heavy atom. The van der Waals surface area contributed by atoms with E-state index in [1.165, 1.54) is 12.1 Å². The normalized spacial score (nSPS) is 11.6. The summed E-state index contributed by atoms with van der Waals surface area (Å²) in [5.41, 5.74) is 6.38. The molecule has 0 aliphatic carbocycles. The molecule has 3 N–H and O–H groups in total. The highest BCUT2D eigenvalue weighted by atomic mass is 16.6. The first-order valence-electron chi connectivity index (χ1n) is 5.42. The van der Waals surface area contributed by atoms with Crippen molar-refractivity contribution in [3.05, 3.63) is 52.6 Å². The summed E-state index contributed by atoms with van der Waals surface area (Å²) in [7, 11) is 0. The minimum absolute atomic E-state index is 0.0217. The number of nitrogens with zero attached hydrogens (tertiary/aromatic N) is 1. The number of benzene rings is 1. The van der Waals surface area contributed by atoms with Gasteiger partial charge in [0.25, 0.3) is 5.69 Å². The smallest absolute Gasteiger partial charge is 0.269 e. The zero-order chi connectivity index (χ0) is 13.5. The number of carbonyl (C=O) groups is 1. The third-order valence-electron chi connectivity index (χ3n) is 2.37. The Balaban J connectivity index is 2.51. The summed E-state index contributed by atoms with van der Waals surface area (Å²) in [4.78, 5) is 21.5. The number of carbonyl (C=O) groups excluding carboxylic acids is 1. The van der Waals surface area contributed by atoms with E-state index >= 15 is 0 Å². The third kappa shape index (κ3) is 3.99. The van der Waals surface area contributed by atoms with Crippen LogP contribution in [-0.4, -0.2) is 16.9 Å². The van der Waals surface area contributed by atoms with Crippen LogP contribution in [0.2, 0.25) is 0 Å². The molecule has 1 aromatic carbocycles. The number of rotatable bonds is 6. The maximum Gasteiger partial charge on any atom is 0.269 e. The van der Waals surface area contributed by atoms with Gasteiger partial charge in [-0.1, -0.05) is 18.2 Å². The van der Waals surface area contributed by atoms with E-state index in [-0.39, 0.29) is 11.6 Å². The molecule has 6 nitrogen and oxygen atoms in total. The number of amides is 1. The van der Waals surface area contributed by atoms with Crippen molar-refractivity contribution in [2.45, 2.75) is 19.0 Å². The van der Waals surface area contributed by atoms with Crippen LogP contribution >= 0.6 is 0 Å². The third-order valence-corrected chi connectivity index (χ3v) is 2.37. The van der Waals surface area contributed by atoms with Gasteiger partial charge in [0.1, 0.15) is 0 Å². The van der Waals surface area contributed by atoms with Crippen molar-refractivity contribution in [2.24, 2.45) is 5.73 Å². The summed E-state index contributed by atoms with van der Waals surface area (Å²) in [6.45, 7) is 3.80. The van der Waals surface area contributed by atoms with Crippen molar-refractivity contribution in [3.8, 4) is 0 Å². The summed E-state index contributed by atoms with van der Waals surface area (Å²) in [6.07, 6.45) is 1.99. The Labute approximate surface area is 105 Å². The van der Waals surface area contributed by atoms with Crippen LogP contribution in [0.15, 0.2) is 36.9 Å². The number of nitrogens with one attached hydrogen (secondary N) is 1. The molecule has 0 aliphatic heterocycles. The van der Waals surface area contributed by atoms with E-state index in [4.69, 9.17) is 5.73 Å². The predicted octanol–water partition coefficient (Wildman–Crippen LogP) is 1.11. The molecule has 0 spiro atoms. The van der Waals surface area contributed by atoms with Gasteiger partial charge in [-0.3, -0.25) is 14.9 Å². The minimum Gasteiger partial charge on any atom is -0.351 e. The van der Waals surface area contributed by atoms with Gasteiger partial charge in [-0.25, -0.2) is 0 Å². The van der Waals surface area contributed by atoms with E-state index < -0.39 is 11.0 Å². The van der Waals surface area contributed by atoms with Crippen LogP contribution < -0.4 is 11.1 Å². The Bertz CT molecular complexity index is 442. The van der Waals surface area contributed by atoms with Gasteiger partial charge >= 0.3 is 0 Å². The maximum absolute atomic E-state index is 11.5. The predicted molar refractivity (Wildman–Crippen MR) is 67.7 cm³/mol. The van der Waals surface area contributed by atoms with E-state index in [2.05, 4.69) is 11.9 Å². The van der Waals surface area contributed by atoms with Crippen LogP contribution in [0.4, 0.5) is 5.69 Å². The van der Waals surface area contributed by atoms with Gasteiger partial charge in [-0.2, -0.15) is 0 Å². The number of nitro groups is 1. The first kappa shape index (κ1) is 13.9. The molecular formula is C12H15N3O3. The fourth-order valence-electron chi connectivity index (χ4n) is 1.34. The second-order valence-electron chi connectivity index (χ2n) is 3.77. The molecule has 0 aromatic heterocycles. The molecule has 1 aromatic rings. The standard InChI is InChI=1S/C12H15N3O3/c1-2-3-11(13)12(16)14-8-9-4-6-10(7-5-9)15(17)18/h2,4-7,11H,1,3,8,13H2,(H,14,16). The Kier molecular flexibility index (Phi) is 5.01. The summed E-state index contributed by atoms with van der Waals surface area (Å²) in [6, 6.07) is 5.37. The Morgan fingerprint density at radius 3 is 2.61 bits per heavy atom. The topological polar surface area (TPSA) is 98.3 Å². The number of hydrogen-bond donors (Lipinski definition) is 2. The quantitative estimate of drug-likeness (QED) is 0.448. The van der Waals surface area contributed by atoms with Crippen molar-refractivity contribution in [3.63, 3.8) is 0 Å². The van der Waals surface area contributed by atoms with Crippen LogP contribution in [0, 0.1) is 10.1 Å². The highest BCUT2D eigenvalue weighted by Crippen LogP contribution is 2.11. The molecule has 1 rings (SSSR count). The lowest BCUT2D eigenvalue weighted by molar-refractivity contribution is -0.384. The molecule has 0 fully saturated rings. The molecule has 0 aliphatic rings. The molecule has 0 saturated carbocycles. The summed E-state index contributed by atoms with van der Waals surface area (Å²) in [5.74, 6) is -0.270. The fourth-order valence-corrected chi connectivity index (χ4v) is 1.34. The number of nitrogens with two attached hydrogens (primary N) is 1. The highest BCUT2D eigenvalue weighted by molar-refractivity contribution is 5.81. The Morgan fingerprint density at radius 2 is 2.11 bits per heavy atom. The molecular weight excluding hydrogens is 234 g/mol. The molecule has 0 bridgehead atoms. The maximum atomic E-state index is 11.5. The molecule has 96 valence electrons. The van der Waals surface area contributed by atoms with E-state index in [1.54, 1.807) is 18.2 Å². The van der Waals surface area contributed by atoms with E-state index in [1.807, 2.05) is 0 Å². The largest absolute Gasteiger partial charge is 0.351 e. The number of nitro benzene ring substituents is 1. The van der Waals surface area contributed by atoms with Crippen molar-refractivity contribution in [1.82, 2.24) is 5.32 Å². The average molecular weight is 249 g/mol. The summed E-state index contributed by atoms with van der Waals surface area (Å²) >= 11 is 0. The van der Waals surface area contributed by atoms with E-state index in [0.29, 0.717) is 13.0 Å². The van der Waals surface area contributed by atoms with Gasteiger partial charge in [0.2, 0.25) is 5.91 Å². The molecule has 1 atom stereocenters. The highest BCUT2D eigenvalue weighted by Gasteiger charge is 2.11. The lowest BCUT2D eigenvalue weighted by Gasteiger charge is -2.10. The molecule has 1 unspecified atom stereocenters. The molecule has 0 saturated heterocycles. The molecule has 1 amide bonds. The zero-order valence-corrected chi connectivity index (χ0v) is 9.83. The second kappa shape index (κ2) is 6.51. The van der Waals surface area contributed by atoms with Gasteiger partial charge in [0.15, 0.2) is 0 Å². The lowest BCUT2D eigenvalue weighted by atomic mass is 10.2. The molecule has 6 heteroatoms. The van der Waals surface area contributed by atoms with Crippen molar-refractivity contribution >= 4 is 11.6 Å². The molecule has 18 heavy (non-hydrogen) atoms. The van der Waals surface area contributed by atoms with Crippen LogP contribution in [0.1, 0.15) is 12.0 Å². The number of hydrogen-bond acceptors (Lipinski definition) is 4. The average Bonchev–Trinajstić information content (AvgIpc) is 2.36. The summed E-state index contributed by atoms with van der Waals surface area (Å²) < 4.78 is 0. The number of non-ortho nitro benzene ring substituents is 1. The van der Waals surface area contributed by atoms with Crippen LogP contribution in [0.25, 0.3) is 0 Å². The summed E-state index contributed by atoms with van der Waals surface area (Å²) in [5, 5.41) is 13.1. The van der Waals surface area contributed by atoms with Gasteiger partial charge in [0.05, 0.1) is 11.0 Å². The van der Waals surface area contributed by atoms with E-state index in [0.717, 1.165) is 5.56 Å². The van der Waals surface area contributed by atoms with Gasteiger partial charge in [0, 0.05) is 18.7 Å². The fraction of sp³-hybridized carbons (Fsp3) is 0.250. The van der Waals surface area contributed by atoms with Crippen molar-refractivity contribution < 1.29 is 9.72 Å². The van der Waals surface area contributed by atoms with Gasteiger partial charge in [-0.15, -0.1) is 6.58 Å². The van der Waals surface area contributed by atoms with Gasteiger partial charge < -0.3 is 11.1 Å².